The van der Waals surface area contributed by atoms with Gasteiger partial charge in [0.05, 0.1) is 31.5 Å². The number of nitrogens with one attached hydrogen (secondary N) is 2. The summed E-state index contributed by atoms with van der Waals surface area (Å²) in [6.07, 6.45) is 0.142. The van der Waals surface area contributed by atoms with E-state index >= 15 is 0 Å². The lowest BCUT2D eigenvalue weighted by molar-refractivity contribution is -0.137. The van der Waals surface area contributed by atoms with Crippen molar-refractivity contribution >= 4 is 28.5 Å². The van der Waals surface area contributed by atoms with E-state index in [0.29, 0.717) is 39.6 Å². The summed E-state index contributed by atoms with van der Waals surface area (Å²) in [6, 6.07) is 8.49. The highest BCUT2D eigenvalue weighted by atomic mass is 19.4. The van der Waals surface area contributed by atoms with E-state index in [9.17, 15) is 13.2 Å². The Bertz CT molecular complexity index is 1270. The molecule has 4 aromatic rings. The molecule has 11 heteroatoms. The number of fused-ring (bicyclic) bond motifs is 1. The van der Waals surface area contributed by atoms with Gasteiger partial charge in [0.2, 0.25) is 5.95 Å². The van der Waals surface area contributed by atoms with Crippen LogP contribution in [-0.2, 0) is 12.7 Å². The molecule has 0 amide bonds. The molecular formula is C22H19F3N6O2. The van der Waals surface area contributed by atoms with Crippen molar-refractivity contribution in [1.29, 1.82) is 0 Å². The molecule has 0 spiro atoms. The molecule has 4 rings (SSSR count). The number of aromatic nitrogens is 4. The molecule has 170 valence electrons. The molecule has 0 aliphatic rings. The second-order valence-corrected chi connectivity index (χ2v) is 6.89. The van der Waals surface area contributed by atoms with Gasteiger partial charge >= 0.3 is 6.18 Å². The third-order valence-electron chi connectivity index (χ3n) is 4.72. The van der Waals surface area contributed by atoms with Gasteiger partial charge < -0.3 is 20.1 Å². The number of benzene rings is 2. The normalized spacial score (nSPS) is 11.3. The molecule has 2 aromatic carbocycles. The van der Waals surface area contributed by atoms with Gasteiger partial charge in [-0.2, -0.15) is 18.2 Å². The van der Waals surface area contributed by atoms with E-state index in [1.807, 2.05) is 0 Å². The number of anilines is 3. The Morgan fingerprint density at radius 2 is 1.76 bits per heavy atom. The number of alkyl halides is 3. The Kier molecular flexibility index (Phi) is 6.11. The Morgan fingerprint density at radius 3 is 2.45 bits per heavy atom. The summed E-state index contributed by atoms with van der Waals surface area (Å²) in [5.41, 5.74) is 0.256. The molecule has 2 heterocycles. The predicted molar refractivity (Wildman–Crippen MR) is 117 cm³/mol. The number of halogens is 3. The molecule has 0 atom stereocenters. The summed E-state index contributed by atoms with van der Waals surface area (Å²) in [7, 11) is 3.01. The lowest BCUT2D eigenvalue weighted by Gasteiger charge is -2.15. The Balaban J connectivity index is 1.72. The van der Waals surface area contributed by atoms with Gasteiger partial charge in [-0.15, -0.1) is 0 Å². The first-order chi connectivity index (χ1) is 15.9. The van der Waals surface area contributed by atoms with Crippen molar-refractivity contribution < 1.29 is 22.6 Å². The minimum Gasteiger partial charge on any atom is -0.493 e. The van der Waals surface area contributed by atoms with Crippen LogP contribution in [0.25, 0.3) is 10.9 Å². The molecule has 2 aromatic heterocycles. The summed E-state index contributed by atoms with van der Waals surface area (Å²) >= 11 is 0. The van der Waals surface area contributed by atoms with Crippen LogP contribution >= 0.6 is 0 Å². The van der Waals surface area contributed by atoms with Crippen molar-refractivity contribution in [3.05, 3.63) is 66.1 Å². The molecule has 0 unspecified atom stereocenters. The minimum atomic E-state index is -4.42. The maximum Gasteiger partial charge on any atom is 0.416 e. The lowest BCUT2D eigenvalue weighted by atomic mass is 10.1. The van der Waals surface area contributed by atoms with Crippen molar-refractivity contribution in [2.45, 2.75) is 12.7 Å². The highest BCUT2D eigenvalue weighted by Gasteiger charge is 2.30. The van der Waals surface area contributed by atoms with E-state index in [1.54, 1.807) is 18.2 Å². The van der Waals surface area contributed by atoms with E-state index in [1.165, 1.54) is 38.9 Å². The Labute approximate surface area is 186 Å². The lowest BCUT2D eigenvalue weighted by Crippen LogP contribution is -2.09. The topological polar surface area (TPSA) is 94.1 Å². The van der Waals surface area contributed by atoms with Gasteiger partial charge in [-0.1, -0.05) is 12.1 Å². The van der Waals surface area contributed by atoms with Crippen molar-refractivity contribution in [2.75, 3.05) is 24.9 Å². The number of rotatable bonds is 7. The molecule has 8 nitrogen and oxygen atoms in total. The van der Waals surface area contributed by atoms with Crippen LogP contribution in [0.4, 0.5) is 30.8 Å². The van der Waals surface area contributed by atoms with Crippen LogP contribution in [0.1, 0.15) is 11.1 Å². The molecule has 0 aliphatic carbocycles. The average Bonchev–Trinajstić information content (AvgIpc) is 2.82. The molecule has 33 heavy (non-hydrogen) atoms. The zero-order valence-electron chi connectivity index (χ0n) is 17.6. The summed E-state index contributed by atoms with van der Waals surface area (Å²) in [5.74, 6) is 1.98. The summed E-state index contributed by atoms with van der Waals surface area (Å²) in [4.78, 5) is 17.1. The fourth-order valence-electron chi connectivity index (χ4n) is 3.17. The third kappa shape index (κ3) is 5.03. The average molecular weight is 456 g/mol. The van der Waals surface area contributed by atoms with Gasteiger partial charge in [0.25, 0.3) is 0 Å². The number of methoxy groups -OCH3 is 2. The van der Waals surface area contributed by atoms with Crippen molar-refractivity contribution in [2.24, 2.45) is 0 Å². The van der Waals surface area contributed by atoms with E-state index in [4.69, 9.17) is 9.47 Å². The minimum absolute atomic E-state index is 0.106. The molecular weight excluding hydrogens is 437 g/mol. The smallest absolute Gasteiger partial charge is 0.416 e. The van der Waals surface area contributed by atoms with Crippen molar-refractivity contribution in [1.82, 2.24) is 19.9 Å². The maximum atomic E-state index is 13.1. The molecule has 0 bridgehead atoms. The second kappa shape index (κ2) is 9.15. The summed E-state index contributed by atoms with van der Waals surface area (Å²) in [6.45, 7) is 0.106. The van der Waals surface area contributed by atoms with Crippen LogP contribution < -0.4 is 20.1 Å². The first-order valence-corrected chi connectivity index (χ1v) is 9.74. The SMILES string of the molecule is COc1cc2nc(Nc3cnccn3)nc(NCc3cccc(C(F)(F)F)c3)c2cc1OC. The Morgan fingerprint density at radius 1 is 0.970 bits per heavy atom. The highest BCUT2D eigenvalue weighted by molar-refractivity contribution is 5.93. The van der Waals surface area contributed by atoms with Crippen LogP contribution in [0.3, 0.4) is 0 Å². The largest absolute Gasteiger partial charge is 0.493 e. The quantitative estimate of drug-likeness (QED) is 0.409. The van der Waals surface area contributed by atoms with Crippen LogP contribution in [0.2, 0.25) is 0 Å². The van der Waals surface area contributed by atoms with Crippen molar-refractivity contribution in [3.8, 4) is 11.5 Å². The van der Waals surface area contributed by atoms with Gasteiger partial charge in [-0.3, -0.25) is 4.98 Å². The fraction of sp³-hybridized carbons (Fsp3) is 0.182. The van der Waals surface area contributed by atoms with Crippen LogP contribution in [0.15, 0.2) is 55.0 Å². The van der Waals surface area contributed by atoms with Crippen LogP contribution in [0.5, 0.6) is 11.5 Å². The van der Waals surface area contributed by atoms with Gasteiger partial charge in [0.15, 0.2) is 17.3 Å². The number of ether oxygens (including phenoxy) is 2. The van der Waals surface area contributed by atoms with Gasteiger partial charge in [0, 0.05) is 30.4 Å². The van der Waals surface area contributed by atoms with E-state index in [0.717, 1.165) is 12.1 Å². The number of hydrogen-bond donors (Lipinski definition) is 2. The molecule has 0 saturated carbocycles. The third-order valence-corrected chi connectivity index (χ3v) is 4.72. The van der Waals surface area contributed by atoms with Crippen LogP contribution in [-0.4, -0.2) is 34.2 Å². The molecule has 0 aliphatic heterocycles. The Hall–Kier alpha value is -4.15. The predicted octanol–water partition coefficient (Wildman–Crippen LogP) is 4.81. The first-order valence-electron chi connectivity index (χ1n) is 9.74. The maximum absolute atomic E-state index is 13.1. The van der Waals surface area contributed by atoms with E-state index in [-0.39, 0.29) is 12.5 Å². The summed E-state index contributed by atoms with van der Waals surface area (Å²) < 4.78 is 49.9. The molecule has 0 saturated heterocycles. The van der Waals surface area contributed by atoms with Gasteiger partial charge in [0.1, 0.15) is 5.82 Å². The van der Waals surface area contributed by atoms with E-state index < -0.39 is 11.7 Å². The van der Waals surface area contributed by atoms with Crippen molar-refractivity contribution in [3.63, 3.8) is 0 Å². The molecule has 0 fully saturated rings. The zero-order chi connectivity index (χ0) is 23.4. The number of hydrogen-bond acceptors (Lipinski definition) is 8. The molecule has 2 N–H and O–H groups in total. The van der Waals surface area contributed by atoms with Gasteiger partial charge in [-0.25, -0.2) is 9.97 Å². The number of nitrogens with zero attached hydrogens (tertiary/aromatic N) is 4. The monoisotopic (exact) mass is 456 g/mol. The fourth-order valence-corrected chi connectivity index (χ4v) is 3.17. The second-order valence-electron chi connectivity index (χ2n) is 6.89. The van der Waals surface area contributed by atoms with Gasteiger partial charge in [-0.05, 0) is 23.8 Å². The summed E-state index contributed by atoms with van der Waals surface area (Å²) in [5, 5.41) is 6.68. The molecule has 0 radical (unpaired) electrons. The van der Waals surface area contributed by atoms with E-state index in [2.05, 4.69) is 30.6 Å². The van der Waals surface area contributed by atoms with Crippen LogP contribution in [0, 0.1) is 0 Å². The standard InChI is InChI=1S/C22H19F3N6O2/c1-32-17-9-15-16(10-18(17)33-2)29-21(30-19-12-26-6-7-27-19)31-20(15)28-11-13-4-3-5-14(8-13)22(23,24)25/h3-10,12H,11H2,1-2H3,(H2,27,28,29,30,31). The first kappa shape index (κ1) is 22.1. The zero-order valence-corrected chi connectivity index (χ0v) is 17.6. The highest BCUT2D eigenvalue weighted by Crippen LogP contribution is 2.35.